The van der Waals surface area contributed by atoms with Crippen LogP contribution in [0.3, 0.4) is 0 Å². The van der Waals surface area contributed by atoms with Crippen molar-refractivity contribution < 1.29 is 9.18 Å². The van der Waals surface area contributed by atoms with E-state index < -0.39 is 0 Å². The van der Waals surface area contributed by atoms with Crippen LogP contribution in [0.5, 0.6) is 0 Å². The van der Waals surface area contributed by atoms with Gasteiger partial charge >= 0.3 is 0 Å². The lowest BCUT2D eigenvalue weighted by Gasteiger charge is -2.21. The standard InChI is InChI=1S/C17H16ClFN2O/c1-3-17(21(2)13-7-4-6-12(19)10-13)20-16-9-5-8-15(18)14(16)11-22/h4-11H,3H2,1-2H3. The summed E-state index contributed by atoms with van der Waals surface area (Å²) >= 11 is 6.01. The van der Waals surface area contributed by atoms with E-state index in [4.69, 9.17) is 11.6 Å². The number of hydrogen-bond donors (Lipinski definition) is 0. The van der Waals surface area contributed by atoms with E-state index in [0.717, 1.165) is 0 Å². The van der Waals surface area contributed by atoms with Gasteiger partial charge in [0, 0.05) is 19.2 Å². The van der Waals surface area contributed by atoms with E-state index in [1.165, 1.54) is 12.1 Å². The van der Waals surface area contributed by atoms with Crippen LogP contribution >= 0.6 is 11.6 Å². The van der Waals surface area contributed by atoms with Crippen LogP contribution in [-0.2, 0) is 0 Å². The highest BCUT2D eigenvalue weighted by Crippen LogP contribution is 2.26. The second kappa shape index (κ2) is 7.18. The van der Waals surface area contributed by atoms with Crippen molar-refractivity contribution in [3.8, 4) is 0 Å². The first-order valence-corrected chi connectivity index (χ1v) is 7.25. The summed E-state index contributed by atoms with van der Waals surface area (Å²) in [4.78, 5) is 17.5. The molecule has 0 aliphatic carbocycles. The molecule has 0 atom stereocenters. The minimum Gasteiger partial charge on any atom is -0.333 e. The van der Waals surface area contributed by atoms with Crippen molar-refractivity contribution in [2.24, 2.45) is 4.99 Å². The summed E-state index contributed by atoms with van der Waals surface area (Å²) in [6.07, 6.45) is 1.31. The highest BCUT2D eigenvalue weighted by Gasteiger charge is 2.11. The molecule has 0 aliphatic heterocycles. The van der Waals surface area contributed by atoms with Gasteiger partial charge in [0.1, 0.15) is 11.7 Å². The molecule has 0 aromatic heterocycles. The fourth-order valence-corrected chi connectivity index (χ4v) is 2.32. The van der Waals surface area contributed by atoms with Gasteiger partial charge in [-0.05, 0) is 30.3 Å². The molecule has 0 unspecified atom stereocenters. The monoisotopic (exact) mass is 318 g/mol. The Morgan fingerprint density at radius 3 is 2.68 bits per heavy atom. The van der Waals surface area contributed by atoms with Gasteiger partial charge in [-0.2, -0.15) is 0 Å². The highest BCUT2D eigenvalue weighted by atomic mass is 35.5. The first-order chi connectivity index (χ1) is 10.6. The molecule has 114 valence electrons. The van der Waals surface area contributed by atoms with Gasteiger partial charge in [-0.25, -0.2) is 9.38 Å². The van der Waals surface area contributed by atoms with E-state index in [1.54, 1.807) is 35.2 Å². The Balaban J connectivity index is 2.43. The second-order valence-electron chi connectivity index (χ2n) is 4.71. The van der Waals surface area contributed by atoms with Gasteiger partial charge in [0.25, 0.3) is 0 Å². The summed E-state index contributed by atoms with van der Waals surface area (Å²) in [5, 5.41) is 0.361. The number of hydrogen-bond acceptors (Lipinski definition) is 2. The number of rotatable bonds is 4. The molecule has 22 heavy (non-hydrogen) atoms. The molecule has 0 spiro atoms. The van der Waals surface area contributed by atoms with Crippen molar-refractivity contribution in [1.29, 1.82) is 0 Å². The zero-order valence-electron chi connectivity index (χ0n) is 12.4. The molecule has 2 aromatic carbocycles. The number of halogens is 2. The van der Waals surface area contributed by atoms with Gasteiger partial charge in [-0.1, -0.05) is 30.7 Å². The van der Waals surface area contributed by atoms with E-state index in [2.05, 4.69) is 4.99 Å². The lowest BCUT2D eigenvalue weighted by molar-refractivity contribution is 0.112. The normalized spacial score (nSPS) is 11.4. The zero-order chi connectivity index (χ0) is 16.1. The van der Waals surface area contributed by atoms with E-state index in [-0.39, 0.29) is 5.82 Å². The third-order valence-corrected chi connectivity index (χ3v) is 3.63. The molecule has 2 rings (SSSR count). The summed E-state index contributed by atoms with van der Waals surface area (Å²) in [6.45, 7) is 1.94. The Labute approximate surface area is 134 Å². The molecule has 0 radical (unpaired) electrons. The predicted molar refractivity (Wildman–Crippen MR) is 89.0 cm³/mol. The number of benzene rings is 2. The third-order valence-electron chi connectivity index (χ3n) is 3.30. The summed E-state index contributed by atoms with van der Waals surface area (Å²) in [5.41, 5.74) is 1.54. The minimum absolute atomic E-state index is 0.309. The van der Waals surface area contributed by atoms with Crippen LogP contribution in [0.2, 0.25) is 5.02 Å². The largest absolute Gasteiger partial charge is 0.333 e. The predicted octanol–water partition coefficient (Wildman–Crippen LogP) is 4.87. The van der Waals surface area contributed by atoms with Gasteiger partial charge < -0.3 is 4.90 Å². The fourth-order valence-electron chi connectivity index (χ4n) is 2.10. The van der Waals surface area contributed by atoms with Crippen molar-refractivity contribution >= 4 is 35.1 Å². The van der Waals surface area contributed by atoms with E-state index in [1.807, 2.05) is 14.0 Å². The molecule has 2 aromatic rings. The van der Waals surface area contributed by atoms with Crippen molar-refractivity contribution in [3.05, 3.63) is 58.9 Å². The molecule has 3 nitrogen and oxygen atoms in total. The summed E-state index contributed by atoms with van der Waals surface area (Å²) in [6, 6.07) is 11.4. The third kappa shape index (κ3) is 3.52. The Kier molecular flexibility index (Phi) is 5.28. The fraction of sp³-hybridized carbons (Fsp3) is 0.176. The maximum absolute atomic E-state index is 13.4. The number of anilines is 1. The van der Waals surface area contributed by atoms with Gasteiger partial charge in [0.05, 0.1) is 16.3 Å². The topological polar surface area (TPSA) is 32.7 Å². The average molecular weight is 319 g/mol. The van der Waals surface area contributed by atoms with Crippen LogP contribution in [0.4, 0.5) is 15.8 Å². The van der Waals surface area contributed by atoms with Crippen LogP contribution in [0.15, 0.2) is 47.5 Å². The minimum atomic E-state index is -0.309. The van der Waals surface area contributed by atoms with Gasteiger partial charge in [0.2, 0.25) is 0 Å². The van der Waals surface area contributed by atoms with Crippen LogP contribution in [0, 0.1) is 5.82 Å². The molecule has 0 fully saturated rings. The molecular formula is C17H16ClFN2O. The van der Waals surface area contributed by atoms with Crippen LogP contribution < -0.4 is 4.90 Å². The molecule has 0 aliphatic rings. The molecule has 5 heteroatoms. The summed E-state index contributed by atoms with van der Waals surface area (Å²) < 4.78 is 13.4. The van der Waals surface area contributed by atoms with E-state index >= 15 is 0 Å². The quantitative estimate of drug-likeness (QED) is 0.458. The SMILES string of the molecule is CCC(=Nc1cccc(Cl)c1C=O)N(C)c1cccc(F)c1. The molecule has 0 amide bonds. The van der Waals surface area contributed by atoms with Crippen molar-refractivity contribution in [3.63, 3.8) is 0 Å². The van der Waals surface area contributed by atoms with Gasteiger partial charge in [0.15, 0.2) is 6.29 Å². The molecule has 0 N–H and O–H groups in total. The number of amidine groups is 1. The molecule has 0 bridgehead atoms. The van der Waals surface area contributed by atoms with Crippen LogP contribution in [0.25, 0.3) is 0 Å². The van der Waals surface area contributed by atoms with Crippen LogP contribution in [-0.4, -0.2) is 19.2 Å². The van der Waals surface area contributed by atoms with Crippen LogP contribution in [0.1, 0.15) is 23.7 Å². The first kappa shape index (κ1) is 16.2. The molecule has 0 saturated heterocycles. The lowest BCUT2D eigenvalue weighted by atomic mass is 10.2. The number of carbonyl (C=O) groups excluding carboxylic acids is 1. The smallest absolute Gasteiger partial charge is 0.153 e. The van der Waals surface area contributed by atoms with Gasteiger partial charge in [-0.3, -0.25) is 4.79 Å². The number of carbonyl (C=O) groups is 1. The molecule has 0 heterocycles. The summed E-state index contributed by atoms with van der Waals surface area (Å²) in [7, 11) is 1.81. The highest BCUT2D eigenvalue weighted by molar-refractivity contribution is 6.33. The van der Waals surface area contributed by atoms with E-state index in [9.17, 15) is 9.18 Å². The Bertz CT molecular complexity index is 716. The Morgan fingerprint density at radius 2 is 2.05 bits per heavy atom. The molecular weight excluding hydrogens is 303 g/mol. The number of aliphatic imine (C=N–C) groups is 1. The first-order valence-electron chi connectivity index (χ1n) is 6.87. The van der Waals surface area contributed by atoms with Crippen molar-refractivity contribution in [1.82, 2.24) is 0 Å². The van der Waals surface area contributed by atoms with Gasteiger partial charge in [-0.15, -0.1) is 0 Å². The summed E-state index contributed by atoms with van der Waals surface area (Å²) in [5.74, 6) is 0.395. The zero-order valence-corrected chi connectivity index (χ0v) is 13.1. The Morgan fingerprint density at radius 1 is 1.32 bits per heavy atom. The van der Waals surface area contributed by atoms with Crippen molar-refractivity contribution in [2.75, 3.05) is 11.9 Å². The average Bonchev–Trinajstić information content (AvgIpc) is 2.52. The Hall–Kier alpha value is -2.20. The lowest BCUT2D eigenvalue weighted by Crippen LogP contribution is -2.25. The maximum atomic E-state index is 13.4. The second-order valence-corrected chi connectivity index (χ2v) is 5.12. The number of aldehydes is 1. The van der Waals surface area contributed by atoms with Crippen molar-refractivity contribution in [2.45, 2.75) is 13.3 Å². The maximum Gasteiger partial charge on any atom is 0.153 e. The molecule has 0 saturated carbocycles. The van der Waals surface area contributed by atoms with E-state index in [0.29, 0.717) is 40.5 Å². The number of nitrogens with zero attached hydrogens (tertiary/aromatic N) is 2.